The Morgan fingerprint density at radius 2 is 1.65 bits per heavy atom. The number of nitrogens with one attached hydrogen (secondary N) is 1. The number of nitrogens with zero attached hydrogens (tertiary/aromatic N) is 1. The van der Waals surface area contributed by atoms with Gasteiger partial charge in [0, 0.05) is 28.8 Å². The highest BCUT2D eigenvalue weighted by Crippen LogP contribution is 2.28. The number of benzene rings is 3. The number of carbonyl (C=O) groups excluding carboxylic acids is 2. The minimum Gasteiger partial charge on any atom is -0.457 e. The fourth-order valence-electron chi connectivity index (χ4n) is 3.52. The summed E-state index contributed by atoms with van der Waals surface area (Å²) in [6, 6.07) is 20.7. The molecule has 1 aliphatic heterocycles. The van der Waals surface area contributed by atoms with E-state index in [2.05, 4.69) is 28.2 Å². The fourth-order valence-corrected chi connectivity index (χ4v) is 3.78. The first-order valence-electron chi connectivity index (χ1n) is 10.1. The predicted molar refractivity (Wildman–Crippen MR) is 126 cm³/mol. The molecule has 1 heterocycles. The molecule has 1 N–H and O–H groups in total. The van der Waals surface area contributed by atoms with Gasteiger partial charge in [-0.25, -0.2) is 0 Å². The number of anilines is 2. The molecule has 0 aliphatic carbocycles. The van der Waals surface area contributed by atoms with Crippen molar-refractivity contribution in [3.05, 3.63) is 82.3 Å². The van der Waals surface area contributed by atoms with Crippen LogP contribution < -0.4 is 15.0 Å². The molecule has 0 radical (unpaired) electrons. The van der Waals surface area contributed by atoms with E-state index in [-0.39, 0.29) is 24.2 Å². The van der Waals surface area contributed by atoms with E-state index in [1.54, 1.807) is 17.0 Å². The normalized spacial score (nSPS) is 15.8. The van der Waals surface area contributed by atoms with E-state index in [1.165, 1.54) is 11.1 Å². The Balaban J connectivity index is 1.36. The maximum absolute atomic E-state index is 12.7. The maximum atomic E-state index is 12.7. The zero-order valence-electron chi connectivity index (χ0n) is 17.4. The van der Waals surface area contributed by atoms with E-state index in [9.17, 15) is 9.59 Å². The van der Waals surface area contributed by atoms with Gasteiger partial charge in [-0.15, -0.1) is 0 Å². The van der Waals surface area contributed by atoms with Crippen LogP contribution in [0.3, 0.4) is 0 Å². The van der Waals surface area contributed by atoms with E-state index < -0.39 is 0 Å². The van der Waals surface area contributed by atoms with Crippen molar-refractivity contribution in [2.24, 2.45) is 5.92 Å². The van der Waals surface area contributed by atoms with Gasteiger partial charge in [0.2, 0.25) is 11.8 Å². The molecule has 0 saturated carbocycles. The first-order valence-corrected chi connectivity index (χ1v) is 10.9. The van der Waals surface area contributed by atoms with Gasteiger partial charge in [0.05, 0.1) is 5.92 Å². The minimum absolute atomic E-state index is 0.0420. The molecule has 1 saturated heterocycles. The predicted octanol–water partition coefficient (Wildman–Crippen LogP) is 5.85. The summed E-state index contributed by atoms with van der Waals surface area (Å²) in [6.07, 6.45) is 0.204. The first-order chi connectivity index (χ1) is 14.9. The number of amides is 2. The molecule has 1 atom stereocenters. The van der Waals surface area contributed by atoms with Crippen LogP contribution in [0.5, 0.6) is 11.5 Å². The minimum atomic E-state index is -0.386. The smallest absolute Gasteiger partial charge is 0.229 e. The molecule has 0 bridgehead atoms. The lowest BCUT2D eigenvalue weighted by atomic mass is 10.1. The van der Waals surface area contributed by atoms with Gasteiger partial charge in [0.1, 0.15) is 11.5 Å². The molecule has 1 fully saturated rings. The topological polar surface area (TPSA) is 58.6 Å². The summed E-state index contributed by atoms with van der Waals surface area (Å²) < 4.78 is 6.84. The zero-order chi connectivity index (χ0) is 22.0. The van der Waals surface area contributed by atoms with Crippen molar-refractivity contribution in [2.45, 2.75) is 20.3 Å². The average molecular weight is 479 g/mol. The van der Waals surface area contributed by atoms with Crippen molar-refractivity contribution in [1.29, 1.82) is 0 Å². The molecule has 0 aromatic heterocycles. The Kier molecular flexibility index (Phi) is 6.09. The summed E-state index contributed by atoms with van der Waals surface area (Å²) in [6.45, 7) is 4.49. The second-order valence-corrected chi connectivity index (χ2v) is 8.66. The highest BCUT2D eigenvalue weighted by molar-refractivity contribution is 9.10. The molecular formula is C25H23BrN2O3. The van der Waals surface area contributed by atoms with Crippen molar-refractivity contribution in [3.63, 3.8) is 0 Å². The van der Waals surface area contributed by atoms with Gasteiger partial charge in [0.25, 0.3) is 0 Å². The summed E-state index contributed by atoms with van der Waals surface area (Å²) in [4.78, 5) is 26.8. The Bertz CT molecular complexity index is 1110. The molecule has 31 heavy (non-hydrogen) atoms. The molecule has 5 nitrogen and oxygen atoms in total. The van der Waals surface area contributed by atoms with Crippen LogP contribution in [0.2, 0.25) is 0 Å². The second kappa shape index (κ2) is 8.94. The number of carbonyl (C=O) groups is 2. The Labute approximate surface area is 190 Å². The van der Waals surface area contributed by atoms with E-state index in [0.717, 1.165) is 15.9 Å². The van der Waals surface area contributed by atoms with E-state index >= 15 is 0 Å². The molecule has 3 aromatic rings. The standard InChI is InChI=1S/C25H23BrN2O3/c1-16-3-10-23(13-17(16)2)31-22-11-6-20(7-12-22)27-25(30)18-14-24(29)28(15-18)21-8-4-19(26)5-9-21/h3-13,18H,14-15H2,1-2H3,(H,27,30)/t18-/m0/s1. The molecule has 0 spiro atoms. The Hall–Kier alpha value is -3.12. The Morgan fingerprint density at radius 1 is 0.968 bits per heavy atom. The summed E-state index contributed by atoms with van der Waals surface area (Å²) in [5, 5.41) is 2.91. The van der Waals surface area contributed by atoms with E-state index in [4.69, 9.17) is 4.74 Å². The number of hydrogen-bond donors (Lipinski definition) is 1. The van der Waals surface area contributed by atoms with Crippen LogP contribution in [-0.2, 0) is 9.59 Å². The van der Waals surface area contributed by atoms with E-state index in [1.807, 2.05) is 61.5 Å². The fraction of sp³-hybridized carbons (Fsp3) is 0.200. The van der Waals surface area contributed by atoms with Crippen molar-refractivity contribution in [3.8, 4) is 11.5 Å². The van der Waals surface area contributed by atoms with Crippen molar-refractivity contribution in [2.75, 3.05) is 16.8 Å². The summed E-state index contributed by atoms with van der Waals surface area (Å²) in [5.74, 6) is 0.883. The van der Waals surface area contributed by atoms with Crippen LogP contribution in [0.25, 0.3) is 0 Å². The largest absolute Gasteiger partial charge is 0.457 e. The lowest BCUT2D eigenvalue weighted by molar-refractivity contribution is -0.122. The quantitative estimate of drug-likeness (QED) is 0.500. The van der Waals surface area contributed by atoms with Gasteiger partial charge in [-0.1, -0.05) is 22.0 Å². The van der Waals surface area contributed by atoms with Crippen LogP contribution >= 0.6 is 15.9 Å². The number of rotatable bonds is 5. The van der Waals surface area contributed by atoms with Crippen LogP contribution in [0.1, 0.15) is 17.5 Å². The van der Waals surface area contributed by atoms with Crippen molar-refractivity contribution < 1.29 is 14.3 Å². The van der Waals surface area contributed by atoms with Crippen molar-refractivity contribution >= 4 is 39.1 Å². The van der Waals surface area contributed by atoms with Gasteiger partial charge in [0.15, 0.2) is 0 Å². The first kappa shape index (κ1) is 21.1. The summed E-state index contributed by atoms with van der Waals surface area (Å²) >= 11 is 3.39. The number of hydrogen-bond acceptors (Lipinski definition) is 3. The van der Waals surface area contributed by atoms with Gasteiger partial charge >= 0.3 is 0 Å². The maximum Gasteiger partial charge on any atom is 0.229 e. The van der Waals surface area contributed by atoms with Gasteiger partial charge < -0.3 is 15.0 Å². The highest BCUT2D eigenvalue weighted by Gasteiger charge is 2.35. The SMILES string of the molecule is Cc1ccc(Oc2ccc(NC(=O)[C@H]3CC(=O)N(c4ccc(Br)cc4)C3)cc2)cc1C. The average Bonchev–Trinajstić information content (AvgIpc) is 3.14. The second-order valence-electron chi connectivity index (χ2n) is 7.74. The molecule has 6 heteroatoms. The third kappa shape index (κ3) is 4.97. The lowest BCUT2D eigenvalue weighted by Crippen LogP contribution is -2.28. The van der Waals surface area contributed by atoms with Crippen LogP contribution in [0.15, 0.2) is 71.2 Å². The molecule has 3 aromatic carbocycles. The van der Waals surface area contributed by atoms with Crippen LogP contribution in [0, 0.1) is 19.8 Å². The number of aryl methyl sites for hydroxylation is 2. The van der Waals surface area contributed by atoms with Gasteiger partial charge in [-0.2, -0.15) is 0 Å². The van der Waals surface area contributed by atoms with Crippen LogP contribution in [0.4, 0.5) is 11.4 Å². The number of halogens is 1. The monoisotopic (exact) mass is 478 g/mol. The zero-order valence-corrected chi connectivity index (χ0v) is 19.0. The molecular weight excluding hydrogens is 456 g/mol. The molecule has 1 aliphatic rings. The molecule has 158 valence electrons. The van der Waals surface area contributed by atoms with Gasteiger partial charge in [-0.3, -0.25) is 9.59 Å². The third-order valence-corrected chi connectivity index (χ3v) is 6.00. The van der Waals surface area contributed by atoms with Crippen molar-refractivity contribution in [1.82, 2.24) is 0 Å². The number of ether oxygens (including phenoxy) is 1. The highest BCUT2D eigenvalue weighted by atomic mass is 79.9. The Morgan fingerprint density at radius 3 is 2.32 bits per heavy atom. The lowest BCUT2D eigenvalue weighted by Gasteiger charge is -2.17. The van der Waals surface area contributed by atoms with Gasteiger partial charge in [-0.05, 0) is 85.6 Å². The molecule has 2 amide bonds. The summed E-state index contributed by atoms with van der Waals surface area (Å²) in [5.41, 5.74) is 3.86. The molecule has 4 rings (SSSR count). The summed E-state index contributed by atoms with van der Waals surface area (Å²) in [7, 11) is 0. The third-order valence-electron chi connectivity index (χ3n) is 5.47. The van der Waals surface area contributed by atoms with E-state index in [0.29, 0.717) is 18.0 Å². The van der Waals surface area contributed by atoms with Crippen LogP contribution in [-0.4, -0.2) is 18.4 Å². The molecule has 0 unspecified atom stereocenters.